The Morgan fingerprint density at radius 3 is 2.21 bits per heavy atom. The van der Waals surface area contributed by atoms with Gasteiger partial charge in [-0.25, -0.2) is 0 Å². The van der Waals surface area contributed by atoms with Gasteiger partial charge in [-0.05, 0) is 42.7 Å². The maximum atomic E-state index is 6.13. The highest BCUT2D eigenvalue weighted by Crippen LogP contribution is 2.47. The summed E-state index contributed by atoms with van der Waals surface area (Å²) in [5.74, 6) is 0.794. The summed E-state index contributed by atoms with van der Waals surface area (Å²) in [6.45, 7) is 0.830. The molecule has 0 radical (unpaired) electrons. The third-order valence-corrected chi connectivity index (χ3v) is 5.53. The lowest BCUT2D eigenvalue weighted by Crippen LogP contribution is -2.42. The number of nitrogens with two attached hydrogens (primary N) is 1. The van der Waals surface area contributed by atoms with E-state index >= 15 is 0 Å². The van der Waals surface area contributed by atoms with E-state index in [1.807, 2.05) is 0 Å². The summed E-state index contributed by atoms with van der Waals surface area (Å²) in [4.78, 5) is 0. The molecule has 1 aromatic rings. The van der Waals surface area contributed by atoms with Gasteiger partial charge in [0, 0.05) is 12.0 Å². The van der Waals surface area contributed by atoms with Gasteiger partial charge in [-0.2, -0.15) is 0 Å². The lowest BCUT2D eigenvalue weighted by atomic mass is 9.62. The fourth-order valence-corrected chi connectivity index (χ4v) is 4.11. The largest absolute Gasteiger partial charge is 0.330 e. The van der Waals surface area contributed by atoms with Crippen molar-refractivity contribution < 1.29 is 0 Å². The Labute approximate surface area is 117 Å². The van der Waals surface area contributed by atoms with Gasteiger partial charge in [0.25, 0.3) is 0 Å². The van der Waals surface area contributed by atoms with Crippen molar-refractivity contribution in [3.05, 3.63) is 35.4 Å². The minimum absolute atomic E-state index is 0.322. The third-order valence-electron chi connectivity index (χ3n) is 5.53. The van der Waals surface area contributed by atoms with E-state index in [9.17, 15) is 0 Å². The summed E-state index contributed by atoms with van der Waals surface area (Å²) in [5.41, 5.74) is 9.68. The van der Waals surface area contributed by atoms with Crippen LogP contribution in [0.3, 0.4) is 0 Å². The first-order valence-electron chi connectivity index (χ1n) is 8.15. The summed E-state index contributed by atoms with van der Waals surface area (Å²) in [6, 6.07) is 9.20. The zero-order valence-electron chi connectivity index (χ0n) is 12.0. The molecule has 2 N–H and O–H groups in total. The maximum Gasteiger partial charge on any atom is 0.00784 e. The summed E-state index contributed by atoms with van der Waals surface area (Å²) in [6.07, 6.45) is 12.4. The number of benzene rings is 1. The second-order valence-corrected chi connectivity index (χ2v) is 6.61. The highest BCUT2D eigenvalue weighted by Gasteiger charge is 2.39. The maximum absolute atomic E-state index is 6.13. The van der Waals surface area contributed by atoms with Crippen LogP contribution >= 0.6 is 0 Å². The van der Waals surface area contributed by atoms with Gasteiger partial charge in [0.2, 0.25) is 0 Å². The van der Waals surface area contributed by atoms with E-state index < -0.39 is 0 Å². The quantitative estimate of drug-likeness (QED) is 0.792. The van der Waals surface area contributed by atoms with Crippen LogP contribution in [0.1, 0.15) is 74.8 Å². The molecule has 1 nitrogen and oxygen atoms in total. The van der Waals surface area contributed by atoms with Crippen LogP contribution in [0.15, 0.2) is 24.3 Å². The smallest absolute Gasteiger partial charge is 0.00784 e. The van der Waals surface area contributed by atoms with Gasteiger partial charge in [0.15, 0.2) is 0 Å². The van der Waals surface area contributed by atoms with Crippen molar-refractivity contribution in [2.45, 2.75) is 69.1 Å². The first kappa shape index (κ1) is 13.2. The predicted octanol–water partition coefficient (Wildman–Crippen LogP) is 4.50. The van der Waals surface area contributed by atoms with Gasteiger partial charge in [-0.1, -0.05) is 56.4 Å². The molecule has 1 heteroatoms. The molecule has 2 aliphatic carbocycles. The Bertz CT molecular complexity index is 406. The van der Waals surface area contributed by atoms with Gasteiger partial charge in [-0.15, -0.1) is 0 Å². The van der Waals surface area contributed by atoms with Crippen molar-refractivity contribution in [2.24, 2.45) is 5.73 Å². The van der Waals surface area contributed by atoms with Gasteiger partial charge in [0.05, 0.1) is 0 Å². The standard InChI is InChI=1S/C18H27N/c19-14-18(12-7-13-18)17-11-6-5-10-16(17)15-8-3-1-2-4-9-15/h5-6,10-11,15H,1-4,7-9,12-14,19H2. The van der Waals surface area contributed by atoms with E-state index in [4.69, 9.17) is 5.73 Å². The fraction of sp³-hybridized carbons (Fsp3) is 0.667. The summed E-state index contributed by atoms with van der Waals surface area (Å²) in [7, 11) is 0. The molecular formula is C18H27N. The summed E-state index contributed by atoms with van der Waals surface area (Å²) in [5, 5.41) is 0. The molecule has 0 saturated heterocycles. The molecule has 0 spiro atoms. The van der Waals surface area contributed by atoms with E-state index in [0.717, 1.165) is 12.5 Å². The monoisotopic (exact) mass is 257 g/mol. The van der Waals surface area contributed by atoms with E-state index in [-0.39, 0.29) is 0 Å². The Kier molecular flexibility index (Phi) is 3.93. The van der Waals surface area contributed by atoms with Crippen LogP contribution < -0.4 is 5.73 Å². The second kappa shape index (κ2) is 5.66. The van der Waals surface area contributed by atoms with E-state index in [2.05, 4.69) is 24.3 Å². The Hall–Kier alpha value is -0.820. The molecule has 2 saturated carbocycles. The lowest BCUT2D eigenvalue weighted by molar-refractivity contribution is 0.250. The van der Waals surface area contributed by atoms with Crippen LogP contribution in [0.25, 0.3) is 0 Å². The molecule has 1 aromatic carbocycles. The normalized spacial score (nSPS) is 23.6. The highest BCUT2D eigenvalue weighted by molar-refractivity contribution is 5.39. The number of rotatable bonds is 3. The summed E-state index contributed by atoms with van der Waals surface area (Å²) >= 11 is 0. The molecule has 2 aliphatic rings. The topological polar surface area (TPSA) is 26.0 Å². The molecule has 0 bridgehead atoms. The molecule has 104 valence electrons. The molecule has 0 heterocycles. The Morgan fingerprint density at radius 1 is 0.947 bits per heavy atom. The van der Waals surface area contributed by atoms with Crippen molar-refractivity contribution in [2.75, 3.05) is 6.54 Å². The minimum Gasteiger partial charge on any atom is -0.330 e. The molecular weight excluding hydrogens is 230 g/mol. The predicted molar refractivity (Wildman–Crippen MR) is 81.5 cm³/mol. The molecule has 3 rings (SSSR count). The zero-order chi connectivity index (χ0) is 13.1. The van der Waals surface area contributed by atoms with E-state index in [0.29, 0.717) is 5.41 Å². The zero-order valence-corrected chi connectivity index (χ0v) is 12.0. The second-order valence-electron chi connectivity index (χ2n) is 6.61. The number of hydrogen-bond acceptors (Lipinski definition) is 1. The van der Waals surface area contributed by atoms with Gasteiger partial charge < -0.3 is 5.73 Å². The third kappa shape index (κ3) is 2.45. The van der Waals surface area contributed by atoms with E-state index in [1.165, 1.54) is 57.8 Å². The van der Waals surface area contributed by atoms with Crippen molar-refractivity contribution in [3.8, 4) is 0 Å². The molecule has 0 unspecified atom stereocenters. The van der Waals surface area contributed by atoms with Crippen molar-refractivity contribution >= 4 is 0 Å². The molecule has 0 atom stereocenters. The van der Waals surface area contributed by atoms with Crippen LogP contribution in [-0.2, 0) is 5.41 Å². The van der Waals surface area contributed by atoms with Crippen LogP contribution in [-0.4, -0.2) is 6.54 Å². The van der Waals surface area contributed by atoms with Gasteiger partial charge in [-0.3, -0.25) is 0 Å². The average molecular weight is 257 g/mol. The molecule has 2 fully saturated rings. The first-order chi connectivity index (χ1) is 9.36. The van der Waals surface area contributed by atoms with Crippen molar-refractivity contribution in [1.29, 1.82) is 0 Å². The van der Waals surface area contributed by atoms with Crippen LogP contribution in [0, 0.1) is 0 Å². The van der Waals surface area contributed by atoms with Crippen molar-refractivity contribution in [1.82, 2.24) is 0 Å². The Balaban J connectivity index is 1.92. The van der Waals surface area contributed by atoms with E-state index in [1.54, 1.807) is 11.1 Å². The van der Waals surface area contributed by atoms with Gasteiger partial charge in [0.1, 0.15) is 0 Å². The minimum atomic E-state index is 0.322. The summed E-state index contributed by atoms with van der Waals surface area (Å²) < 4.78 is 0. The molecule has 19 heavy (non-hydrogen) atoms. The van der Waals surface area contributed by atoms with Crippen molar-refractivity contribution in [3.63, 3.8) is 0 Å². The highest BCUT2D eigenvalue weighted by atomic mass is 14.6. The fourth-order valence-electron chi connectivity index (χ4n) is 4.11. The van der Waals surface area contributed by atoms with Gasteiger partial charge >= 0.3 is 0 Å². The van der Waals surface area contributed by atoms with Crippen LogP contribution in [0.5, 0.6) is 0 Å². The lowest BCUT2D eigenvalue weighted by Gasteiger charge is -2.43. The van der Waals surface area contributed by atoms with Crippen LogP contribution in [0.4, 0.5) is 0 Å². The Morgan fingerprint density at radius 2 is 1.63 bits per heavy atom. The molecule has 0 amide bonds. The molecule has 0 aromatic heterocycles. The first-order valence-corrected chi connectivity index (χ1v) is 8.15. The SMILES string of the molecule is NCC1(c2ccccc2C2CCCCCC2)CCC1. The molecule has 0 aliphatic heterocycles. The average Bonchev–Trinajstić information content (AvgIpc) is 2.68. The number of hydrogen-bond donors (Lipinski definition) is 1. The van der Waals surface area contributed by atoms with Crippen LogP contribution in [0.2, 0.25) is 0 Å².